The maximum Gasteiger partial charge on any atom is 0.255 e. The van der Waals surface area contributed by atoms with Crippen LogP contribution in [0.5, 0.6) is 0 Å². The number of rotatable bonds is 5. The zero-order chi connectivity index (χ0) is 19.4. The van der Waals surface area contributed by atoms with Crippen molar-refractivity contribution in [3.05, 3.63) is 83.4 Å². The number of anilines is 2. The van der Waals surface area contributed by atoms with Crippen LogP contribution in [0.3, 0.4) is 0 Å². The molecule has 0 aliphatic heterocycles. The summed E-state index contributed by atoms with van der Waals surface area (Å²) in [4.78, 5) is 18.5. The van der Waals surface area contributed by atoms with E-state index < -0.39 is 29.2 Å². The molecule has 3 rings (SSSR count). The van der Waals surface area contributed by atoms with Crippen LogP contribution < -0.4 is 10.6 Å². The molecule has 0 saturated heterocycles. The molecule has 2 heterocycles. The number of benzene rings is 1. The van der Waals surface area contributed by atoms with Gasteiger partial charge < -0.3 is 10.6 Å². The molecule has 0 radical (unpaired) electrons. The van der Waals surface area contributed by atoms with Gasteiger partial charge in [-0.05, 0) is 29.8 Å². The lowest BCUT2D eigenvalue weighted by Crippen LogP contribution is -2.12. The van der Waals surface area contributed by atoms with Gasteiger partial charge in [-0.15, -0.1) is 0 Å². The van der Waals surface area contributed by atoms with E-state index in [2.05, 4.69) is 20.6 Å². The van der Waals surface area contributed by atoms with Gasteiger partial charge in [0.2, 0.25) is 11.6 Å². The highest BCUT2D eigenvalue weighted by Gasteiger charge is 2.20. The number of carbonyl (C=O) groups excluding carboxylic acids is 1. The Labute approximate surface area is 151 Å². The van der Waals surface area contributed by atoms with E-state index in [-0.39, 0.29) is 12.5 Å². The summed E-state index contributed by atoms with van der Waals surface area (Å²) in [6.07, 6.45) is 3.07. The van der Waals surface area contributed by atoms with Gasteiger partial charge in [0, 0.05) is 30.2 Å². The predicted octanol–water partition coefficient (Wildman–Crippen LogP) is 3.90. The molecule has 0 spiro atoms. The normalized spacial score (nSPS) is 10.5. The Morgan fingerprint density at radius 2 is 1.48 bits per heavy atom. The highest BCUT2D eigenvalue weighted by molar-refractivity contribution is 6.04. The molecule has 5 nitrogen and oxygen atoms in total. The predicted molar refractivity (Wildman–Crippen MR) is 90.0 cm³/mol. The average Bonchev–Trinajstić information content (AvgIpc) is 2.67. The first kappa shape index (κ1) is 18.3. The van der Waals surface area contributed by atoms with Crippen LogP contribution in [0.2, 0.25) is 0 Å². The standard InChI is InChI=1S/C18H12F4N4O/c19-13-15(14(20)17(22)26-16(13)21)24-9-10-1-3-11(4-2-10)18(27)25-12-5-7-23-8-6-12/h1-8H,9H2,(H,24,26)(H,23,25,27). The lowest BCUT2D eigenvalue weighted by atomic mass is 10.1. The summed E-state index contributed by atoms with van der Waals surface area (Å²) in [5.74, 6) is -7.04. The Kier molecular flexibility index (Phi) is 5.30. The van der Waals surface area contributed by atoms with Crippen LogP contribution in [0.25, 0.3) is 0 Å². The van der Waals surface area contributed by atoms with E-state index in [1.807, 2.05) is 0 Å². The van der Waals surface area contributed by atoms with Gasteiger partial charge in [0.15, 0.2) is 0 Å². The number of hydrogen-bond acceptors (Lipinski definition) is 4. The molecule has 0 atom stereocenters. The van der Waals surface area contributed by atoms with Crippen LogP contribution >= 0.6 is 0 Å². The Morgan fingerprint density at radius 3 is 2.07 bits per heavy atom. The van der Waals surface area contributed by atoms with Gasteiger partial charge in [0.25, 0.3) is 17.8 Å². The Balaban J connectivity index is 1.67. The minimum absolute atomic E-state index is 0.122. The maximum atomic E-state index is 13.6. The molecule has 0 unspecified atom stereocenters. The number of amides is 1. The number of halogens is 4. The molecule has 1 amide bonds. The summed E-state index contributed by atoms with van der Waals surface area (Å²) in [5, 5.41) is 4.97. The fourth-order valence-electron chi connectivity index (χ4n) is 2.25. The van der Waals surface area contributed by atoms with Crippen molar-refractivity contribution in [2.75, 3.05) is 10.6 Å². The van der Waals surface area contributed by atoms with Gasteiger partial charge in [-0.1, -0.05) is 12.1 Å². The number of nitrogens with one attached hydrogen (secondary N) is 2. The first-order chi connectivity index (χ1) is 13.0. The Morgan fingerprint density at radius 1 is 0.889 bits per heavy atom. The van der Waals surface area contributed by atoms with Crippen LogP contribution in [0, 0.1) is 23.5 Å². The molecule has 0 bridgehead atoms. The fraction of sp³-hybridized carbons (Fsp3) is 0.0556. The quantitative estimate of drug-likeness (QED) is 0.524. The topological polar surface area (TPSA) is 66.9 Å². The highest BCUT2D eigenvalue weighted by atomic mass is 19.2. The van der Waals surface area contributed by atoms with E-state index in [0.717, 1.165) is 0 Å². The SMILES string of the molecule is O=C(Nc1ccncc1)c1ccc(CNc2c(F)c(F)nc(F)c2F)cc1. The summed E-state index contributed by atoms with van der Waals surface area (Å²) in [5.41, 5.74) is 0.522. The first-order valence-corrected chi connectivity index (χ1v) is 7.70. The molecule has 0 aliphatic rings. The maximum absolute atomic E-state index is 13.6. The molecule has 2 N–H and O–H groups in total. The monoisotopic (exact) mass is 376 g/mol. The first-order valence-electron chi connectivity index (χ1n) is 7.70. The second-order valence-electron chi connectivity index (χ2n) is 5.44. The number of pyridine rings is 2. The van der Waals surface area contributed by atoms with Crippen LogP contribution in [-0.4, -0.2) is 15.9 Å². The number of aromatic nitrogens is 2. The van der Waals surface area contributed by atoms with Gasteiger partial charge in [-0.2, -0.15) is 22.5 Å². The third kappa shape index (κ3) is 4.20. The van der Waals surface area contributed by atoms with Crippen molar-refractivity contribution in [2.24, 2.45) is 0 Å². The van der Waals surface area contributed by atoms with E-state index in [9.17, 15) is 22.4 Å². The summed E-state index contributed by atoms with van der Waals surface area (Å²) >= 11 is 0. The zero-order valence-corrected chi connectivity index (χ0v) is 13.6. The van der Waals surface area contributed by atoms with Gasteiger partial charge in [-0.25, -0.2) is 0 Å². The number of hydrogen-bond donors (Lipinski definition) is 2. The van der Waals surface area contributed by atoms with Crippen LogP contribution in [0.4, 0.5) is 28.9 Å². The van der Waals surface area contributed by atoms with E-state index >= 15 is 0 Å². The molecule has 9 heteroatoms. The second kappa shape index (κ2) is 7.81. The summed E-state index contributed by atoms with van der Waals surface area (Å²) in [6.45, 7) is -0.122. The average molecular weight is 376 g/mol. The summed E-state index contributed by atoms with van der Waals surface area (Å²) < 4.78 is 53.3. The van der Waals surface area contributed by atoms with Gasteiger partial charge in [-0.3, -0.25) is 9.78 Å². The summed E-state index contributed by atoms with van der Waals surface area (Å²) in [7, 11) is 0. The van der Waals surface area contributed by atoms with Crippen molar-refractivity contribution in [1.82, 2.24) is 9.97 Å². The number of carbonyl (C=O) groups is 1. The van der Waals surface area contributed by atoms with Crippen LogP contribution in [-0.2, 0) is 6.54 Å². The van der Waals surface area contributed by atoms with E-state index in [0.29, 0.717) is 16.8 Å². The molecule has 2 aromatic heterocycles. The Bertz CT molecular complexity index is 939. The molecule has 27 heavy (non-hydrogen) atoms. The van der Waals surface area contributed by atoms with Gasteiger partial charge in [0.05, 0.1) is 0 Å². The van der Waals surface area contributed by atoms with Crippen molar-refractivity contribution >= 4 is 17.3 Å². The zero-order valence-electron chi connectivity index (χ0n) is 13.6. The molecule has 3 aromatic rings. The van der Waals surface area contributed by atoms with Crippen molar-refractivity contribution in [3.8, 4) is 0 Å². The largest absolute Gasteiger partial charge is 0.376 e. The van der Waals surface area contributed by atoms with Crippen LogP contribution in [0.1, 0.15) is 15.9 Å². The fourth-order valence-corrected chi connectivity index (χ4v) is 2.25. The lowest BCUT2D eigenvalue weighted by Gasteiger charge is -2.10. The molecular weight excluding hydrogens is 364 g/mol. The molecule has 1 aromatic carbocycles. The van der Waals surface area contributed by atoms with E-state index in [1.165, 1.54) is 36.7 Å². The molecule has 138 valence electrons. The van der Waals surface area contributed by atoms with Crippen molar-refractivity contribution in [2.45, 2.75) is 6.54 Å². The van der Waals surface area contributed by atoms with E-state index in [4.69, 9.17) is 0 Å². The third-order valence-corrected chi connectivity index (χ3v) is 3.62. The molecule has 0 fully saturated rings. The van der Waals surface area contributed by atoms with Gasteiger partial charge >= 0.3 is 0 Å². The molecule has 0 aliphatic carbocycles. The highest BCUT2D eigenvalue weighted by Crippen LogP contribution is 2.22. The van der Waals surface area contributed by atoms with Gasteiger partial charge in [0.1, 0.15) is 5.69 Å². The smallest absolute Gasteiger partial charge is 0.255 e. The minimum atomic E-state index is -1.74. The molecular formula is C18H12F4N4O. The minimum Gasteiger partial charge on any atom is -0.376 e. The van der Waals surface area contributed by atoms with Crippen LogP contribution in [0.15, 0.2) is 48.8 Å². The van der Waals surface area contributed by atoms with E-state index in [1.54, 1.807) is 12.1 Å². The second-order valence-corrected chi connectivity index (χ2v) is 5.44. The lowest BCUT2D eigenvalue weighted by molar-refractivity contribution is 0.102. The number of nitrogens with zero attached hydrogens (tertiary/aromatic N) is 2. The third-order valence-electron chi connectivity index (χ3n) is 3.62. The van der Waals surface area contributed by atoms with Crippen molar-refractivity contribution < 1.29 is 22.4 Å². The van der Waals surface area contributed by atoms with Crippen molar-refractivity contribution in [3.63, 3.8) is 0 Å². The Hall–Kier alpha value is -3.49. The van der Waals surface area contributed by atoms with Crippen molar-refractivity contribution in [1.29, 1.82) is 0 Å². The molecule has 0 saturated carbocycles. The summed E-state index contributed by atoms with van der Waals surface area (Å²) in [6, 6.07) is 9.36.